The minimum atomic E-state index is 0.0154. The zero-order chi connectivity index (χ0) is 17.2. The third kappa shape index (κ3) is 3.23. The van der Waals surface area contributed by atoms with Gasteiger partial charge in [-0.2, -0.15) is 5.10 Å². The standard InChI is InChI=1S/C18H24N6O/c1-2-24-12-14(9-20-24)11-23-13-16-15(17(23)25)10-19-18(21-16)22-7-5-3-4-6-8-22/h9-10,12H,2-8,11,13H2,1H3. The fourth-order valence-corrected chi connectivity index (χ4v) is 3.56. The summed E-state index contributed by atoms with van der Waals surface area (Å²) in [5.41, 5.74) is 2.53. The summed E-state index contributed by atoms with van der Waals surface area (Å²) in [6.07, 6.45) is 10.5. The molecule has 0 saturated carbocycles. The molecule has 0 radical (unpaired) electrons. The molecule has 1 fully saturated rings. The minimum absolute atomic E-state index is 0.0154. The number of amides is 1. The summed E-state index contributed by atoms with van der Waals surface area (Å²) in [6, 6.07) is 0. The largest absolute Gasteiger partial charge is 0.341 e. The molecule has 0 N–H and O–H groups in total. The Kier molecular flexibility index (Phi) is 4.38. The molecular formula is C18H24N6O. The second kappa shape index (κ2) is 6.82. The quantitative estimate of drug-likeness (QED) is 0.854. The van der Waals surface area contributed by atoms with Crippen LogP contribution in [-0.2, 0) is 19.6 Å². The third-order valence-electron chi connectivity index (χ3n) is 4.99. The van der Waals surface area contributed by atoms with Gasteiger partial charge in [0.2, 0.25) is 5.95 Å². The van der Waals surface area contributed by atoms with Crippen LogP contribution in [0.3, 0.4) is 0 Å². The zero-order valence-corrected chi connectivity index (χ0v) is 14.7. The van der Waals surface area contributed by atoms with Crippen molar-refractivity contribution in [3.63, 3.8) is 0 Å². The molecule has 4 heterocycles. The van der Waals surface area contributed by atoms with Gasteiger partial charge in [0.05, 0.1) is 24.0 Å². The normalized spacial score (nSPS) is 17.7. The molecule has 0 aliphatic carbocycles. The van der Waals surface area contributed by atoms with Gasteiger partial charge in [-0.25, -0.2) is 9.97 Å². The van der Waals surface area contributed by atoms with Gasteiger partial charge in [-0.15, -0.1) is 0 Å². The lowest BCUT2D eigenvalue weighted by atomic mass is 10.2. The Hall–Kier alpha value is -2.44. The van der Waals surface area contributed by atoms with Gasteiger partial charge < -0.3 is 9.80 Å². The van der Waals surface area contributed by atoms with E-state index in [0.717, 1.165) is 36.8 Å². The Labute approximate surface area is 147 Å². The average Bonchev–Trinajstić information content (AvgIpc) is 3.08. The highest BCUT2D eigenvalue weighted by Crippen LogP contribution is 2.25. The molecule has 0 atom stereocenters. The van der Waals surface area contributed by atoms with Crippen molar-refractivity contribution in [3.05, 3.63) is 35.4 Å². The predicted octanol–water partition coefficient (Wildman–Crippen LogP) is 2.23. The number of fused-ring (bicyclic) bond motifs is 1. The number of aryl methyl sites for hydroxylation is 1. The summed E-state index contributed by atoms with van der Waals surface area (Å²) < 4.78 is 1.88. The predicted molar refractivity (Wildman–Crippen MR) is 94.2 cm³/mol. The van der Waals surface area contributed by atoms with Crippen molar-refractivity contribution in [1.82, 2.24) is 24.6 Å². The van der Waals surface area contributed by atoms with Gasteiger partial charge in [0.25, 0.3) is 5.91 Å². The van der Waals surface area contributed by atoms with Crippen molar-refractivity contribution in [1.29, 1.82) is 0 Å². The lowest BCUT2D eigenvalue weighted by Crippen LogP contribution is -2.26. The van der Waals surface area contributed by atoms with E-state index in [1.165, 1.54) is 25.7 Å². The molecule has 4 rings (SSSR count). The molecule has 1 amide bonds. The number of aromatic nitrogens is 4. The first kappa shape index (κ1) is 16.1. The van der Waals surface area contributed by atoms with Gasteiger partial charge >= 0.3 is 0 Å². The second-order valence-electron chi connectivity index (χ2n) is 6.80. The first-order valence-electron chi connectivity index (χ1n) is 9.16. The van der Waals surface area contributed by atoms with Crippen LogP contribution >= 0.6 is 0 Å². The molecule has 132 valence electrons. The Bertz CT molecular complexity index is 763. The van der Waals surface area contributed by atoms with Crippen LogP contribution in [0.4, 0.5) is 5.95 Å². The molecule has 0 aromatic carbocycles. The lowest BCUT2D eigenvalue weighted by Gasteiger charge is -2.20. The van der Waals surface area contributed by atoms with Crippen LogP contribution in [0.25, 0.3) is 0 Å². The fourth-order valence-electron chi connectivity index (χ4n) is 3.56. The molecule has 7 nitrogen and oxygen atoms in total. The molecule has 1 saturated heterocycles. The monoisotopic (exact) mass is 340 g/mol. The summed E-state index contributed by atoms with van der Waals surface area (Å²) in [5, 5.41) is 4.28. The summed E-state index contributed by atoms with van der Waals surface area (Å²) in [6.45, 7) is 6.01. The summed E-state index contributed by atoms with van der Waals surface area (Å²) >= 11 is 0. The highest BCUT2D eigenvalue weighted by atomic mass is 16.2. The van der Waals surface area contributed by atoms with E-state index in [9.17, 15) is 4.79 Å². The number of hydrogen-bond acceptors (Lipinski definition) is 5. The van der Waals surface area contributed by atoms with Crippen molar-refractivity contribution in [2.24, 2.45) is 0 Å². The maximum atomic E-state index is 12.6. The summed E-state index contributed by atoms with van der Waals surface area (Å²) in [7, 11) is 0. The summed E-state index contributed by atoms with van der Waals surface area (Å²) in [5.74, 6) is 0.788. The topological polar surface area (TPSA) is 67.2 Å². The van der Waals surface area contributed by atoms with Crippen LogP contribution < -0.4 is 4.90 Å². The highest BCUT2D eigenvalue weighted by Gasteiger charge is 2.30. The molecule has 2 aromatic rings. The molecular weight excluding hydrogens is 316 g/mol. The maximum absolute atomic E-state index is 12.6. The van der Waals surface area contributed by atoms with Gasteiger partial charge in [-0.05, 0) is 19.8 Å². The summed E-state index contributed by atoms with van der Waals surface area (Å²) in [4.78, 5) is 25.9. The van der Waals surface area contributed by atoms with Crippen molar-refractivity contribution >= 4 is 11.9 Å². The van der Waals surface area contributed by atoms with Crippen LogP contribution in [-0.4, -0.2) is 43.6 Å². The van der Waals surface area contributed by atoms with Gasteiger partial charge in [-0.3, -0.25) is 9.48 Å². The number of hydrogen-bond donors (Lipinski definition) is 0. The fraction of sp³-hybridized carbons (Fsp3) is 0.556. The first-order valence-corrected chi connectivity index (χ1v) is 9.16. The van der Waals surface area contributed by atoms with Crippen LogP contribution in [0.1, 0.15) is 54.2 Å². The lowest BCUT2D eigenvalue weighted by molar-refractivity contribution is 0.0766. The van der Waals surface area contributed by atoms with Gasteiger partial charge in [0.15, 0.2) is 0 Å². The first-order chi connectivity index (χ1) is 12.2. The van der Waals surface area contributed by atoms with Crippen molar-refractivity contribution in [2.45, 2.75) is 52.2 Å². The molecule has 2 aliphatic heterocycles. The SMILES string of the molecule is CCn1cc(CN2Cc3nc(N4CCCCCC4)ncc3C2=O)cn1. The number of carbonyl (C=O) groups excluding carboxylic acids is 1. The van der Waals surface area contributed by atoms with E-state index in [4.69, 9.17) is 4.98 Å². The van der Waals surface area contributed by atoms with E-state index >= 15 is 0 Å². The minimum Gasteiger partial charge on any atom is -0.341 e. The molecule has 7 heteroatoms. The number of rotatable bonds is 4. The van der Waals surface area contributed by atoms with E-state index in [1.807, 2.05) is 28.9 Å². The average molecular weight is 340 g/mol. The number of nitrogens with zero attached hydrogens (tertiary/aromatic N) is 6. The Morgan fingerprint density at radius 3 is 2.64 bits per heavy atom. The smallest absolute Gasteiger partial charge is 0.258 e. The highest BCUT2D eigenvalue weighted by molar-refractivity contribution is 5.97. The van der Waals surface area contributed by atoms with Crippen molar-refractivity contribution < 1.29 is 4.79 Å². The third-order valence-corrected chi connectivity index (χ3v) is 4.99. The van der Waals surface area contributed by atoms with E-state index < -0.39 is 0 Å². The van der Waals surface area contributed by atoms with Crippen LogP contribution in [0.5, 0.6) is 0 Å². The molecule has 0 spiro atoms. The van der Waals surface area contributed by atoms with Crippen LogP contribution in [0.2, 0.25) is 0 Å². The number of anilines is 1. The van der Waals surface area contributed by atoms with E-state index in [2.05, 4.69) is 15.0 Å². The molecule has 0 bridgehead atoms. The molecule has 2 aromatic heterocycles. The second-order valence-corrected chi connectivity index (χ2v) is 6.80. The van der Waals surface area contributed by atoms with E-state index in [1.54, 1.807) is 6.20 Å². The Morgan fingerprint density at radius 2 is 1.92 bits per heavy atom. The van der Waals surface area contributed by atoms with E-state index in [0.29, 0.717) is 18.7 Å². The van der Waals surface area contributed by atoms with Gasteiger partial charge in [-0.1, -0.05) is 12.8 Å². The van der Waals surface area contributed by atoms with Crippen molar-refractivity contribution in [3.8, 4) is 0 Å². The Morgan fingerprint density at radius 1 is 1.12 bits per heavy atom. The Balaban J connectivity index is 1.50. The van der Waals surface area contributed by atoms with Gasteiger partial charge in [0.1, 0.15) is 0 Å². The molecule has 2 aliphatic rings. The van der Waals surface area contributed by atoms with Crippen LogP contribution in [0.15, 0.2) is 18.6 Å². The maximum Gasteiger partial charge on any atom is 0.258 e. The molecule has 0 unspecified atom stereocenters. The van der Waals surface area contributed by atoms with E-state index in [-0.39, 0.29) is 5.91 Å². The van der Waals surface area contributed by atoms with Crippen LogP contribution in [0, 0.1) is 0 Å². The van der Waals surface area contributed by atoms with Crippen molar-refractivity contribution in [2.75, 3.05) is 18.0 Å². The zero-order valence-electron chi connectivity index (χ0n) is 14.7. The van der Waals surface area contributed by atoms with Gasteiger partial charge in [0, 0.05) is 44.1 Å². The molecule has 25 heavy (non-hydrogen) atoms. The number of carbonyl (C=O) groups is 1.